The van der Waals surface area contributed by atoms with E-state index in [0.29, 0.717) is 11.1 Å². The Morgan fingerprint density at radius 1 is 0.365 bits per heavy atom. The largest absolute Gasteiger partial charge is 0.311 e. The molecule has 0 amide bonds. The molecule has 0 heterocycles. The second-order valence-electron chi connectivity index (χ2n) is 15.1. The number of hydrogen-bond donors (Lipinski definition) is 0. The van der Waals surface area contributed by atoms with Crippen LogP contribution < -0.4 is 20.2 Å². The zero-order chi connectivity index (χ0) is 36.9. The van der Waals surface area contributed by atoms with Gasteiger partial charge in [0, 0.05) is 34.1 Å². The van der Waals surface area contributed by atoms with E-state index in [1.165, 1.54) is 10.4 Å². The van der Waals surface area contributed by atoms with E-state index in [9.17, 15) is 10.5 Å². The third-order valence-corrected chi connectivity index (χ3v) is 13.4. The fraction of sp³-hybridized carbons (Fsp3) is 0.130. The first kappa shape index (κ1) is 35.9. The van der Waals surface area contributed by atoms with Crippen LogP contribution in [0.4, 0.5) is 34.1 Å². The molecule has 0 N–H and O–H groups in total. The molecule has 0 radical (unpaired) electrons. The van der Waals surface area contributed by atoms with E-state index in [1.54, 1.807) is 0 Å². The molecule has 4 nitrogen and oxygen atoms in total. The molecule has 0 spiro atoms. The Balaban J connectivity index is 1.25. The van der Waals surface area contributed by atoms with Gasteiger partial charge in [-0.25, -0.2) is 0 Å². The molecule has 6 heteroatoms. The smallest absolute Gasteiger partial charge is 0.0991 e. The summed E-state index contributed by atoms with van der Waals surface area (Å²) < 4.78 is 0. The Labute approximate surface area is 311 Å². The average Bonchev–Trinajstić information content (AvgIpc) is 3.15. The second-order valence-corrected chi connectivity index (χ2v) is 25.3. The highest BCUT2D eigenvalue weighted by molar-refractivity contribution is 6.89. The van der Waals surface area contributed by atoms with Gasteiger partial charge in [0.15, 0.2) is 0 Å². The first-order valence-electron chi connectivity index (χ1n) is 17.6. The number of nitrogens with zero attached hydrogens (tertiary/aromatic N) is 4. The van der Waals surface area contributed by atoms with Crippen LogP contribution in [0.1, 0.15) is 22.3 Å². The maximum Gasteiger partial charge on any atom is 0.0991 e. The molecule has 0 saturated carbocycles. The van der Waals surface area contributed by atoms with E-state index < -0.39 is 16.1 Å². The molecule has 0 atom stereocenters. The molecule has 6 aromatic carbocycles. The molecular weight excluding hydrogens is 665 g/mol. The lowest BCUT2D eigenvalue weighted by Gasteiger charge is -2.27. The maximum absolute atomic E-state index is 9.37. The highest BCUT2D eigenvalue weighted by atomic mass is 28.3. The SMILES string of the molecule is C[Si](C)(C)c1ccc(N(c2ccc(C#N)cc2)c2ccc(/C=C/c3ccc(N(c4ccc(C#N)cc4)c4ccc([Si](C)(C)C)cc4)cc3)cc2)cc1. The van der Waals surface area contributed by atoms with E-state index in [2.05, 4.69) is 170 Å². The fourth-order valence-corrected chi connectivity index (χ4v) is 8.48. The third-order valence-electron chi connectivity index (χ3n) is 9.26. The summed E-state index contributed by atoms with van der Waals surface area (Å²) in [5.74, 6) is 0. The van der Waals surface area contributed by atoms with Gasteiger partial charge in [0.1, 0.15) is 0 Å². The molecule has 0 fully saturated rings. The summed E-state index contributed by atoms with van der Waals surface area (Å²) in [4.78, 5) is 4.47. The summed E-state index contributed by atoms with van der Waals surface area (Å²) in [5, 5.41) is 21.6. The van der Waals surface area contributed by atoms with Crippen molar-refractivity contribution in [3.63, 3.8) is 0 Å². The highest BCUT2D eigenvalue weighted by Crippen LogP contribution is 2.36. The minimum Gasteiger partial charge on any atom is -0.311 e. The van der Waals surface area contributed by atoms with Crippen molar-refractivity contribution in [1.82, 2.24) is 0 Å². The lowest BCUT2D eigenvalue weighted by Crippen LogP contribution is -2.37. The summed E-state index contributed by atoms with van der Waals surface area (Å²) in [6.45, 7) is 14.2. The average molecular weight is 709 g/mol. The molecule has 0 bridgehead atoms. The number of anilines is 6. The lowest BCUT2D eigenvalue weighted by atomic mass is 10.1. The van der Waals surface area contributed by atoms with Crippen molar-refractivity contribution >= 4 is 72.8 Å². The van der Waals surface area contributed by atoms with Gasteiger partial charge in [0.25, 0.3) is 0 Å². The van der Waals surface area contributed by atoms with Crippen LogP contribution in [0, 0.1) is 22.7 Å². The number of nitriles is 2. The maximum atomic E-state index is 9.37. The van der Waals surface area contributed by atoms with Crippen LogP contribution in [0.25, 0.3) is 12.2 Å². The van der Waals surface area contributed by atoms with Crippen molar-refractivity contribution in [1.29, 1.82) is 10.5 Å². The van der Waals surface area contributed by atoms with Crippen LogP contribution in [0.15, 0.2) is 146 Å². The molecular formula is C46H44N4Si2. The highest BCUT2D eigenvalue weighted by Gasteiger charge is 2.19. The molecule has 0 aliphatic carbocycles. The van der Waals surface area contributed by atoms with Crippen LogP contribution in [-0.4, -0.2) is 16.1 Å². The number of rotatable bonds is 10. The van der Waals surface area contributed by atoms with Gasteiger partial charge in [-0.3, -0.25) is 0 Å². The lowest BCUT2D eigenvalue weighted by molar-refractivity contribution is 1.28. The Morgan fingerprint density at radius 3 is 0.827 bits per heavy atom. The van der Waals surface area contributed by atoms with Crippen LogP contribution in [0.5, 0.6) is 0 Å². The summed E-state index contributed by atoms with van der Waals surface area (Å²) in [5.41, 5.74) is 9.76. The molecule has 0 aromatic heterocycles. The van der Waals surface area contributed by atoms with Gasteiger partial charge in [0.2, 0.25) is 0 Å². The van der Waals surface area contributed by atoms with Gasteiger partial charge < -0.3 is 9.80 Å². The molecule has 0 saturated heterocycles. The topological polar surface area (TPSA) is 54.1 Å². The molecule has 0 aliphatic heterocycles. The summed E-state index contributed by atoms with van der Waals surface area (Å²) in [6.07, 6.45) is 4.28. The Hall–Kier alpha value is -5.93. The van der Waals surface area contributed by atoms with Crippen LogP contribution in [0.2, 0.25) is 39.3 Å². The van der Waals surface area contributed by atoms with Gasteiger partial charge in [0.05, 0.1) is 39.4 Å². The monoisotopic (exact) mass is 708 g/mol. The Kier molecular flexibility index (Phi) is 10.4. The molecule has 0 aliphatic rings. The minimum absolute atomic E-state index is 0.643. The zero-order valence-corrected chi connectivity index (χ0v) is 32.8. The van der Waals surface area contributed by atoms with E-state index in [1.807, 2.05) is 48.5 Å². The van der Waals surface area contributed by atoms with Crippen molar-refractivity contribution in [2.24, 2.45) is 0 Å². The summed E-state index contributed by atoms with van der Waals surface area (Å²) in [6, 6.07) is 55.0. The molecule has 0 unspecified atom stereocenters. The first-order valence-corrected chi connectivity index (χ1v) is 24.6. The van der Waals surface area contributed by atoms with Gasteiger partial charge in [-0.2, -0.15) is 10.5 Å². The third kappa shape index (κ3) is 8.33. The standard InChI is InChI=1S/C46H44N4Si2/c1-51(2,3)45-29-25-43(26-30-45)49(41-21-13-37(33-47)14-22-41)39-17-9-35(10-18-39)7-8-36-11-19-40(20-12-36)50(42-23-15-38(34-48)16-24-42)44-27-31-46(32-28-44)52(4,5)6/h7-32H,1-6H3/b8-7+. The molecule has 52 heavy (non-hydrogen) atoms. The van der Waals surface area contributed by atoms with Gasteiger partial charge in [-0.1, -0.05) is 110 Å². The van der Waals surface area contributed by atoms with Crippen molar-refractivity contribution in [3.05, 3.63) is 168 Å². The van der Waals surface area contributed by atoms with E-state index in [4.69, 9.17) is 0 Å². The Bertz CT molecular complexity index is 2070. The minimum atomic E-state index is -1.43. The predicted molar refractivity (Wildman–Crippen MR) is 227 cm³/mol. The zero-order valence-electron chi connectivity index (χ0n) is 30.8. The van der Waals surface area contributed by atoms with Gasteiger partial charge in [-0.05, 0) is 108 Å². The van der Waals surface area contributed by atoms with Crippen LogP contribution in [-0.2, 0) is 0 Å². The normalized spacial score (nSPS) is 11.5. The van der Waals surface area contributed by atoms with Crippen molar-refractivity contribution in [2.45, 2.75) is 39.3 Å². The Morgan fingerprint density at radius 2 is 0.596 bits per heavy atom. The fourth-order valence-electron chi connectivity index (χ4n) is 6.15. The molecule has 6 aromatic rings. The van der Waals surface area contributed by atoms with Crippen molar-refractivity contribution in [3.8, 4) is 12.1 Å². The van der Waals surface area contributed by atoms with Gasteiger partial charge >= 0.3 is 0 Å². The quantitative estimate of drug-likeness (QED) is 0.105. The first-order chi connectivity index (χ1) is 24.9. The number of benzene rings is 6. The summed E-state index contributed by atoms with van der Waals surface area (Å²) >= 11 is 0. The molecule has 6 rings (SSSR count). The van der Waals surface area contributed by atoms with Crippen LogP contribution >= 0.6 is 0 Å². The second kappa shape index (κ2) is 15.1. The predicted octanol–water partition coefficient (Wildman–Crippen LogP) is 11.6. The number of hydrogen-bond acceptors (Lipinski definition) is 4. The van der Waals surface area contributed by atoms with Crippen molar-refractivity contribution in [2.75, 3.05) is 9.80 Å². The van der Waals surface area contributed by atoms with Crippen molar-refractivity contribution < 1.29 is 0 Å². The van der Waals surface area contributed by atoms with Gasteiger partial charge in [-0.15, -0.1) is 0 Å². The summed E-state index contributed by atoms with van der Waals surface area (Å²) in [7, 11) is -2.86. The van der Waals surface area contributed by atoms with E-state index in [0.717, 1.165) is 45.3 Å². The van der Waals surface area contributed by atoms with E-state index >= 15 is 0 Å². The van der Waals surface area contributed by atoms with Crippen LogP contribution in [0.3, 0.4) is 0 Å². The molecule has 256 valence electrons. The van der Waals surface area contributed by atoms with E-state index in [-0.39, 0.29) is 0 Å².